The molecule has 0 aromatic carbocycles. The van der Waals surface area contributed by atoms with Gasteiger partial charge in [0.15, 0.2) is 0 Å². The van der Waals surface area contributed by atoms with Gasteiger partial charge in [-0.2, -0.15) is 0 Å². The molecule has 23 heavy (non-hydrogen) atoms. The van der Waals surface area contributed by atoms with Gasteiger partial charge in [0.2, 0.25) is 0 Å². The second-order valence-corrected chi connectivity index (χ2v) is 6.34. The largest absolute Gasteiger partial charge is 0.481 e. The topological polar surface area (TPSA) is 46.5 Å². The predicted octanol–water partition coefficient (Wildman–Crippen LogP) is 6.13. The molecule has 0 saturated carbocycles. The number of hydrogen-bond donors (Lipinski definition) is 1. The average Bonchev–Trinajstić information content (AvgIpc) is 2.53. The second-order valence-electron chi connectivity index (χ2n) is 6.34. The van der Waals surface area contributed by atoms with E-state index in [1.54, 1.807) is 0 Å². The van der Waals surface area contributed by atoms with Crippen molar-refractivity contribution in [2.24, 2.45) is 0 Å². The summed E-state index contributed by atoms with van der Waals surface area (Å²) in [6, 6.07) is 0. The molecule has 0 fully saturated rings. The molecule has 0 saturated heterocycles. The zero-order chi connectivity index (χ0) is 17.0. The van der Waals surface area contributed by atoms with Gasteiger partial charge in [0, 0.05) is 19.6 Å². The summed E-state index contributed by atoms with van der Waals surface area (Å²) in [5.41, 5.74) is 0. The molecule has 0 aliphatic rings. The van der Waals surface area contributed by atoms with Crippen molar-refractivity contribution in [1.82, 2.24) is 0 Å². The summed E-state index contributed by atoms with van der Waals surface area (Å²) in [6.45, 7) is 4.11. The molecule has 0 spiro atoms. The SMILES string of the molecule is CCCCCCCOCCCCCCC/C=C/CCCC(=O)O. The lowest BCUT2D eigenvalue weighted by molar-refractivity contribution is -0.137. The van der Waals surface area contributed by atoms with Crippen molar-refractivity contribution in [1.29, 1.82) is 0 Å². The van der Waals surface area contributed by atoms with Gasteiger partial charge >= 0.3 is 5.97 Å². The molecule has 0 aliphatic carbocycles. The van der Waals surface area contributed by atoms with Crippen molar-refractivity contribution in [3.05, 3.63) is 12.2 Å². The molecule has 0 amide bonds. The molecule has 0 rings (SSSR count). The first-order chi connectivity index (χ1) is 11.3. The van der Waals surface area contributed by atoms with Crippen LogP contribution in [0.2, 0.25) is 0 Å². The Kier molecular flexibility index (Phi) is 18.5. The van der Waals surface area contributed by atoms with Crippen LogP contribution in [0.1, 0.15) is 96.8 Å². The number of aliphatic carboxylic acids is 1. The molecule has 0 aromatic heterocycles. The molecule has 3 heteroatoms. The maximum atomic E-state index is 10.3. The van der Waals surface area contributed by atoms with Crippen LogP contribution in [-0.4, -0.2) is 24.3 Å². The molecular weight excluding hydrogens is 288 g/mol. The minimum absolute atomic E-state index is 0.283. The summed E-state index contributed by atoms with van der Waals surface area (Å²) in [5, 5.41) is 8.52. The van der Waals surface area contributed by atoms with Gasteiger partial charge in [-0.1, -0.05) is 64.0 Å². The second kappa shape index (κ2) is 19.2. The number of hydrogen-bond acceptors (Lipinski definition) is 2. The summed E-state index contributed by atoms with van der Waals surface area (Å²) >= 11 is 0. The van der Waals surface area contributed by atoms with Gasteiger partial charge < -0.3 is 9.84 Å². The average molecular weight is 327 g/mol. The van der Waals surface area contributed by atoms with E-state index in [-0.39, 0.29) is 6.42 Å². The summed E-state index contributed by atoms with van der Waals surface area (Å²) in [4.78, 5) is 10.3. The fourth-order valence-corrected chi connectivity index (χ4v) is 2.51. The van der Waals surface area contributed by atoms with Crippen molar-refractivity contribution in [2.45, 2.75) is 96.8 Å². The van der Waals surface area contributed by atoms with E-state index in [1.165, 1.54) is 64.2 Å². The summed E-state index contributed by atoms with van der Waals surface area (Å²) < 4.78 is 5.66. The van der Waals surface area contributed by atoms with Crippen LogP contribution < -0.4 is 0 Å². The Morgan fingerprint density at radius 3 is 1.91 bits per heavy atom. The molecule has 0 heterocycles. The number of carboxylic acids is 1. The van der Waals surface area contributed by atoms with E-state index in [9.17, 15) is 4.79 Å². The maximum absolute atomic E-state index is 10.3. The zero-order valence-corrected chi connectivity index (χ0v) is 15.2. The Bertz CT molecular complexity index is 274. The van der Waals surface area contributed by atoms with Crippen LogP contribution in [0.15, 0.2) is 12.2 Å². The van der Waals surface area contributed by atoms with Gasteiger partial charge in [0.1, 0.15) is 0 Å². The van der Waals surface area contributed by atoms with Crippen LogP contribution >= 0.6 is 0 Å². The molecule has 136 valence electrons. The van der Waals surface area contributed by atoms with Crippen LogP contribution in [0, 0.1) is 0 Å². The fourth-order valence-electron chi connectivity index (χ4n) is 2.51. The van der Waals surface area contributed by atoms with Gasteiger partial charge in [-0.15, -0.1) is 0 Å². The zero-order valence-electron chi connectivity index (χ0n) is 15.2. The standard InChI is InChI=1S/C20H38O3/c1-2-3-4-12-15-18-23-19-16-13-10-8-6-5-7-9-11-14-17-20(21)22/h7,9H,2-6,8,10-19H2,1H3,(H,21,22)/b9-7+. The molecule has 0 unspecified atom stereocenters. The molecule has 0 aliphatic heterocycles. The van der Waals surface area contributed by atoms with E-state index in [4.69, 9.17) is 9.84 Å². The van der Waals surface area contributed by atoms with Crippen LogP contribution in [0.4, 0.5) is 0 Å². The first kappa shape index (κ1) is 22.2. The third-order valence-corrected chi connectivity index (χ3v) is 3.98. The number of unbranched alkanes of at least 4 members (excludes halogenated alkanes) is 10. The number of carboxylic acid groups (broad SMARTS) is 1. The summed E-state index contributed by atoms with van der Waals surface area (Å²) in [5.74, 6) is -0.695. The third-order valence-electron chi connectivity index (χ3n) is 3.98. The van der Waals surface area contributed by atoms with Crippen molar-refractivity contribution < 1.29 is 14.6 Å². The first-order valence-electron chi connectivity index (χ1n) is 9.72. The van der Waals surface area contributed by atoms with Crippen molar-refractivity contribution in [3.63, 3.8) is 0 Å². The Hall–Kier alpha value is -0.830. The quantitative estimate of drug-likeness (QED) is 0.243. The minimum atomic E-state index is -0.695. The van der Waals surface area contributed by atoms with E-state index in [1.807, 2.05) is 0 Å². The molecule has 0 aromatic rings. The van der Waals surface area contributed by atoms with Gasteiger partial charge in [0.05, 0.1) is 0 Å². The van der Waals surface area contributed by atoms with E-state index < -0.39 is 5.97 Å². The molecule has 1 N–H and O–H groups in total. The third kappa shape index (κ3) is 21.2. The number of allylic oxidation sites excluding steroid dienone is 2. The van der Waals surface area contributed by atoms with Gasteiger partial charge in [0.25, 0.3) is 0 Å². The van der Waals surface area contributed by atoms with E-state index in [2.05, 4.69) is 19.1 Å². The van der Waals surface area contributed by atoms with E-state index in [0.717, 1.165) is 32.5 Å². The predicted molar refractivity (Wildman–Crippen MR) is 97.9 cm³/mol. The maximum Gasteiger partial charge on any atom is 0.303 e. The van der Waals surface area contributed by atoms with Crippen LogP contribution in [0.3, 0.4) is 0 Å². The normalized spacial score (nSPS) is 11.3. The Balaban J connectivity index is 3.05. The van der Waals surface area contributed by atoms with Crippen LogP contribution in [0.25, 0.3) is 0 Å². The molecule has 3 nitrogen and oxygen atoms in total. The highest BCUT2D eigenvalue weighted by Crippen LogP contribution is 2.07. The molecule has 0 radical (unpaired) electrons. The van der Waals surface area contributed by atoms with Crippen molar-refractivity contribution >= 4 is 5.97 Å². The van der Waals surface area contributed by atoms with Crippen LogP contribution in [-0.2, 0) is 9.53 Å². The first-order valence-corrected chi connectivity index (χ1v) is 9.72. The van der Waals surface area contributed by atoms with Gasteiger partial charge in [-0.05, 0) is 38.5 Å². The van der Waals surface area contributed by atoms with Gasteiger partial charge in [-0.3, -0.25) is 4.79 Å². The van der Waals surface area contributed by atoms with Crippen molar-refractivity contribution in [3.8, 4) is 0 Å². The van der Waals surface area contributed by atoms with Crippen molar-refractivity contribution in [2.75, 3.05) is 13.2 Å². The Labute approximate surface area is 143 Å². The number of rotatable bonds is 18. The van der Waals surface area contributed by atoms with E-state index in [0.29, 0.717) is 0 Å². The monoisotopic (exact) mass is 326 g/mol. The molecule has 0 bridgehead atoms. The fraction of sp³-hybridized carbons (Fsp3) is 0.850. The number of ether oxygens (including phenoxy) is 1. The lowest BCUT2D eigenvalue weighted by Gasteiger charge is -2.04. The highest BCUT2D eigenvalue weighted by molar-refractivity contribution is 5.66. The smallest absolute Gasteiger partial charge is 0.303 e. The highest BCUT2D eigenvalue weighted by atomic mass is 16.5. The summed E-state index contributed by atoms with van der Waals surface area (Å²) in [6.07, 6.45) is 20.2. The number of carbonyl (C=O) groups is 1. The minimum Gasteiger partial charge on any atom is -0.481 e. The summed E-state index contributed by atoms with van der Waals surface area (Å²) in [7, 11) is 0. The lowest BCUT2D eigenvalue weighted by Crippen LogP contribution is -1.97. The Morgan fingerprint density at radius 1 is 0.783 bits per heavy atom. The lowest BCUT2D eigenvalue weighted by atomic mass is 10.1. The molecular formula is C20H38O3. The van der Waals surface area contributed by atoms with Gasteiger partial charge in [-0.25, -0.2) is 0 Å². The molecule has 0 atom stereocenters. The Morgan fingerprint density at radius 2 is 1.30 bits per heavy atom. The van der Waals surface area contributed by atoms with E-state index >= 15 is 0 Å². The van der Waals surface area contributed by atoms with Crippen LogP contribution in [0.5, 0.6) is 0 Å². The highest BCUT2D eigenvalue weighted by Gasteiger charge is 1.94.